The maximum atomic E-state index is 13.2. The van der Waals surface area contributed by atoms with Crippen molar-refractivity contribution in [2.45, 2.75) is 57.7 Å². The van der Waals surface area contributed by atoms with Crippen LogP contribution in [0.1, 0.15) is 33.9 Å². The number of ether oxygens (including phenoxy) is 3. The SMILES string of the molecule is CCOC(=O)[C@H](C)NP1(=O)OC[C@H]2O[C@@H](n3cnc4c(OCC)nc(N)nc43)[C@](C)(N)[C@@H]2O1. The molecular weight excluding hydrogens is 457 g/mol. The van der Waals surface area contributed by atoms with Gasteiger partial charge in [0.25, 0.3) is 0 Å². The van der Waals surface area contributed by atoms with Gasteiger partial charge in [-0.2, -0.15) is 9.97 Å². The molecule has 33 heavy (non-hydrogen) atoms. The molecule has 0 radical (unpaired) electrons. The van der Waals surface area contributed by atoms with Crippen LogP contribution in [0.2, 0.25) is 0 Å². The molecule has 2 aromatic heterocycles. The van der Waals surface area contributed by atoms with E-state index in [0.717, 1.165) is 0 Å². The van der Waals surface area contributed by atoms with Crippen molar-refractivity contribution in [2.24, 2.45) is 5.73 Å². The van der Waals surface area contributed by atoms with Crippen molar-refractivity contribution in [3.63, 3.8) is 0 Å². The standard InChI is InChI=1S/C18H28N7O7P/c1-5-28-14-11-13(22-17(19)23-14)25(8-21-11)16-18(4,20)12-10(31-16)7-30-33(27,32-12)24-9(3)15(26)29-6-2/h8-10,12,16H,5-7,20H2,1-4H3,(H,24,27)(H2,19,22,23)/t9-,10+,12+,16+,18+,33?/m0/s1. The smallest absolute Gasteiger partial charge is 0.406 e. The molecule has 0 spiro atoms. The van der Waals surface area contributed by atoms with Crippen molar-refractivity contribution in [3.8, 4) is 5.88 Å². The second-order valence-corrected chi connectivity index (χ2v) is 9.68. The molecule has 2 aromatic rings. The minimum atomic E-state index is -3.87. The average Bonchev–Trinajstić information content (AvgIpc) is 3.26. The Hall–Kier alpha value is -2.35. The first-order chi connectivity index (χ1) is 15.6. The molecule has 4 heterocycles. The fourth-order valence-electron chi connectivity index (χ4n) is 3.89. The predicted molar refractivity (Wildman–Crippen MR) is 115 cm³/mol. The summed E-state index contributed by atoms with van der Waals surface area (Å²) in [6, 6.07) is -0.913. The fraction of sp³-hybridized carbons (Fsp3) is 0.667. The summed E-state index contributed by atoms with van der Waals surface area (Å²) in [5, 5.41) is 2.59. The van der Waals surface area contributed by atoms with E-state index >= 15 is 0 Å². The summed E-state index contributed by atoms with van der Waals surface area (Å²) >= 11 is 0. The summed E-state index contributed by atoms with van der Waals surface area (Å²) < 4.78 is 42.6. The van der Waals surface area contributed by atoms with Gasteiger partial charge in [0.1, 0.15) is 18.2 Å². The van der Waals surface area contributed by atoms with Crippen LogP contribution in [-0.2, 0) is 27.9 Å². The van der Waals surface area contributed by atoms with E-state index < -0.39 is 43.7 Å². The number of esters is 1. The number of rotatable bonds is 7. The first-order valence-electron chi connectivity index (χ1n) is 10.5. The van der Waals surface area contributed by atoms with Crippen molar-refractivity contribution in [1.82, 2.24) is 24.6 Å². The number of aromatic nitrogens is 4. The molecule has 15 heteroatoms. The lowest BCUT2D eigenvalue weighted by Gasteiger charge is -2.37. The number of carbonyl (C=O) groups is 1. The summed E-state index contributed by atoms with van der Waals surface area (Å²) in [7, 11) is -3.87. The molecule has 0 saturated carbocycles. The van der Waals surface area contributed by atoms with Gasteiger partial charge in [0.05, 0.1) is 31.7 Å². The molecule has 1 unspecified atom stereocenters. The van der Waals surface area contributed by atoms with Gasteiger partial charge in [-0.1, -0.05) is 0 Å². The molecule has 182 valence electrons. The largest absolute Gasteiger partial charge is 0.476 e. The van der Waals surface area contributed by atoms with Gasteiger partial charge in [0, 0.05) is 0 Å². The zero-order chi connectivity index (χ0) is 24.0. The monoisotopic (exact) mass is 485 g/mol. The van der Waals surface area contributed by atoms with Gasteiger partial charge in [0.15, 0.2) is 17.4 Å². The van der Waals surface area contributed by atoms with Crippen LogP contribution in [0.5, 0.6) is 5.88 Å². The molecule has 6 atom stereocenters. The van der Waals surface area contributed by atoms with Crippen molar-refractivity contribution in [1.29, 1.82) is 0 Å². The zero-order valence-electron chi connectivity index (χ0n) is 18.8. The molecule has 0 amide bonds. The topological polar surface area (TPSA) is 188 Å². The van der Waals surface area contributed by atoms with E-state index in [9.17, 15) is 9.36 Å². The number of nitrogen functional groups attached to an aromatic ring is 1. The Labute approximate surface area is 189 Å². The van der Waals surface area contributed by atoms with Gasteiger partial charge >= 0.3 is 13.7 Å². The summed E-state index contributed by atoms with van der Waals surface area (Å²) in [5.74, 6) is -0.331. The van der Waals surface area contributed by atoms with Crippen LogP contribution in [0.15, 0.2) is 6.33 Å². The summed E-state index contributed by atoms with van der Waals surface area (Å²) in [6.45, 7) is 7.19. The number of imidazole rings is 1. The van der Waals surface area contributed by atoms with E-state index in [1.54, 1.807) is 18.4 Å². The Bertz CT molecular complexity index is 1090. The number of hydrogen-bond donors (Lipinski definition) is 3. The molecule has 5 N–H and O–H groups in total. The van der Waals surface area contributed by atoms with Crippen LogP contribution < -0.4 is 21.3 Å². The van der Waals surface area contributed by atoms with E-state index in [1.165, 1.54) is 13.3 Å². The van der Waals surface area contributed by atoms with Crippen LogP contribution in [0, 0.1) is 0 Å². The van der Waals surface area contributed by atoms with Gasteiger partial charge < -0.3 is 25.7 Å². The second-order valence-electron chi connectivity index (χ2n) is 7.96. The number of nitrogens with two attached hydrogens (primary N) is 2. The Kier molecular flexibility index (Phi) is 6.33. The summed E-state index contributed by atoms with van der Waals surface area (Å²) in [5.41, 5.74) is 12.1. The lowest BCUT2D eigenvalue weighted by Crippen LogP contribution is -2.55. The third kappa shape index (κ3) is 4.29. The van der Waals surface area contributed by atoms with Crippen LogP contribution in [-0.4, -0.2) is 69.1 Å². The fourth-order valence-corrected chi connectivity index (χ4v) is 5.67. The van der Waals surface area contributed by atoms with E-state index in [4.69, 9.17) is 34.7 Å². The average molecular weight is 485 g/mol. The van der Waals surface area contributed by atoms with E-state index in [1.807, 2.05) is 6.92 Å². The normalized spacial score (nSPS) is 32.5. The lowest BCUT2D eigenvalue weighted by molar-refractivity contribution is -0.144. The predicted octanol–water partition coefficient (Wildman–Crippen LogP) is 0.487. The first-order valence-corrected chi connectivity index (χ1v) is 12.1. The third-order valence-corrected chi connectivity index (χ3v) is 7.08. The summed E-state index contributed by atoms with van der Waals surface area (Å²) in [6.07, 6.45) is -0.767. The van der Waals surface area contributed by atoms with Gasteiger partial charge in [-0.3, -0.25) is 18.4 Å². The van der Waals surface area contributed by atoms with Crippen molar-refractivity contribution >= 4 is 30.8 Å². The van der Waals surface area contributed by atoms with Gasteiger partial charge in [0.2, 0.25) is 11.8 Å². The number of hydrogen-bond acceptors (Lipinski definition) is 12. The highest BCUT2D eigenvalue weighted by Crippen LogP contribution is 2.55. The third-order valence-electron chi connectivity index (χ3n) is 5.38. The first kappa shape index (κ1) is 23.8. The molecule has 2 fully saturated rings. The van der Waals surface area contributed by atoms with Crippen LogP contribution in [0.25, 0.3) is 11.2 Å². The highest BCUT2D eigenvalue weighted by molar-refractivity contribution is 7.51. The molecule has 4 rings (SSSR count). The molecule has 0 aliphatic carbocycles. The molecule has 0 aromatic carbocycles. The molecule has 2 aliphatic rings. The van der Waals surface area contributed by atoms with Gasteiger partial charge in [-0.05, 0) is 27.7 Å². The Morgan fingerprint density at radius 1 is 1.42 bits per heavy atom. The minimum absolute atomic E-state index is 0.00285. The lowest BCUT2D eigenvalue weighted by atomic mass is 9.93. The van der Waals surface area contributed by atoms with E-state index in [-0.39, 0.29) is 25.0 Å². The second kappa shape index (κ2) is 8.78. The molecule has 14 nitrogen and oxygen atoms in total. The quantitative estimate of drug-likeness (QED) is 0.363. The molecule has 2 saturated heterocycles. The Morgan fingerprint density at radius 2 is 2.18 bits per heavy atom. The summed E-state index contributed by atoms with van der Waals surface area (Å²) in [4.78, 5) is 24.6. The number of anilines is 1. The highest BCUT2D eigenvalue weighted by Gasteiger charge is 2.59. The molecule has 0 bridgehead atoms. The molecular formula is C18H28N7O7P. The van der Waals surface area contributed by atoms with Gasteiger partial charge in [-0.15, -0.1) is 0 Å². The van der Waals surface area contributed by atoms with Crippen LogP contribution in [0.3, 0.4) is 0 Å². The van der Waals surface area contributed by atoms with Gasteiger partial charge in [-0.25, -0.2) is 14.6 Å². The maximum absolute atomic E-state index is 13.2. The Morgan fingerprint density at radius 3 is 2.88 bits per heavy atom. The number of fused-ring (bicyclic) bond motifs is 2. The van der Waals surface area contributed by atoms with Crippen molar-refractivity contribution in [3.05, 3.63) is 6.33 Å². The van der Waals surface area contributed by atoms with Crippen molar-refractivity contribution < 1.29 is 32.6 Å². The number of nitrogens with one attached hydrogen (secondary N) is 1. The minimum Gasteiger partial charge on any atom is -0.476 e. The van der Waals surface area contributed by atoms with E-state index in [0.29, 0.717) is 17.8 Å². The highest BCUT2D eigenvalue weighted by atomic mass is 31.2. The van der Waals surface area contributed by atoms with Crippen LogP contribution >= 0.6 is 7.75 Å². The van der Waals surface area contributed by atoms with Crippen LogP contribution in [0.4, 0.5) is 5.95 Å². The Balaban J connectivity index is 1.60. The number of carbonyl (C=O) groups excluding carboxylic acids is 1. The number of nitrogens with zero attached hydrogens (tertiary/aromatic N) is 4. The van der Waals surface area contributed by atoms with Crippen molar-refractivity contribution in [2.75, 3.05) is 25.6 Å². The molecule has 2 aliphatic heterocycles. The van der Waals surface area contributed by atoms with E-state index in [2.05, 4.69) is 20.0 Å². The zero-order valence-corrected chi connectivity index (χ0v) is 19.7. The maximum Gasteiger partial charge on any atom is 0.406 e.